The van der Waals surface area contributed by atoms with Crippen molar-refractivity contribution in [2.45, 2.75) is 154 Å². The van der Waals surface area contributed by atoms with Crippen molar-refractivity contribution in [1.29, 1.82) is 0 Å². The van der Waals surface area contributed by atoms with E-state index in [9.17, 15) is 19.5 Å². The maximum atomic E-state index is 14.4. The summed E-state index contributed by atoms with van der Waals surface area (Å²) in [7, 11) is 5.38. The number of aliphatic hydroxyl groups is 1. The van der Waals surface area contributed by atoms with Crippen molar-refractivity contribution in [2.75, 3.05) is 27.7 Å². The number of aliphatic hydroxyl groups excluding tert-OH is 1. The zero-order chi connectivity index (χ0) is 43.6. The molecule has 331 valence electrons. The maximum Gasteiger partial charge on any atom is 0.410 e. The number of Topliss-reactive ketones (excluding diaryl/α,β-unsaturated/α-hetero) is 1. The number of imidazole rings is 1. The molecule has 3 saturated heterocycles. The van der Waals surface area contributed by atoms with Crippen LogP contribution >= 0.6 is 0 Å². The van der Waals surface area contributed by atoms with E-state index in [1.165, 1.54) is 6.92 Å². The first-order valence-corrected chi connectivity index (χ1v) is 21.3. The molecule has 60 heavy (non-hydrogen) atoms. The van der Waals surface area contributed by atoms with Gasteiger partial charge in [0.05, 0.1) is 30.2 Å². The number of amides is 1. The molecule has 13 unspecified atom stereocenters. The van der Waals surface area contributed by atoms with Crippen molar-refractivity contribution >= 4 is 17.8 Å². The van der Waals surface area contributed by atoms with Gasteiger partial charge in [-0.25, -0.2) is 16.9 Å². The summed E-state index contributed by atoms with van der Waals surface area (Å²) in [6, 6.07) is 4.13. The number of esters is 1. The Morgan fingerprint density at radius 3 is 2.45 bits per heavy atom. The van der Waals surface area contributed by atoms with Gasteiger partial charge in [-0.3, -0.25) is 14.6 Å². The molecule has 0 saturated carbocycles. The van der Waals surface area contributed by atoms with E-state index in [1.807, 2.05) is 65.9 Å². The number of carbonyl (C=O) groups excluding carboxylic acids is 3. The topological polar surface area (TPSA) is 155 Å². The first-order valence-electron chi connectivity index (χ1n) is 21.3. The molecule has 5 heterocycles. The standard InChI is InChI=1S/C45H68N5O9.Y/c1-14-36-45(10)39(50(43(54)59-45)20-16-17-27(3)49-24-34(47-25-49)33-18-15-19-46-23-33)30(6)29(5)26(2)22-44(9,55-13)40(31(7)37(51)32(8)41(53)57-36)58-42-38(52)35(48(11)12)21-28(4)56-42;/h18-19,23-28,30-32,35-36,38-40,42,52H,5,14,16-17,20-22H2,1-4,6-13H3;/q-1;/t26?,27?,28?,30?,31?,32?,35?,36-,38?,39?,40?,42?,44?,45?;/m1./s1. The van der Waals surface area contributed by atoms with Gasteiger partial charge in [-0.05, 0) is 92.9 Å². The number of fused-ring (bicyclic) bond motifs is 1. The largest absolute Gasteiger partial charge is 0.458 e. The van der Waals surface area contributed by atoms with Gasteiger partial charge in [0.15, 0.2) is 17.7 Å². The monoisotopic (exact) mass is 911 g/mol. The van der Waals surface area contributed by atoms with Gasteiger partial charge in [-0.1, -0.05) is 46.0 Å². The summed E-state index contributed by atoms with van der Waals surface area (Å²) in [6.07, 6.45) is 5.32. The van der Waals surface area contributed by atoms with E-state index in [4.69, 9.17) is 23.7 Å². The zero-order valence-electron chi connectivity index (χ0n) is 37.8. The summed E-state index contributed by atoms with van der Waals surface area (Å²) < 4.78 is 33.8. The van der Waals surface area contributed by atoms with Crippen LogP contribution in [0, 0.1) is 29.7 Å². The SMILES string of the molecule is C=C1C(C)CC(C)(OC)C(OC2OC(C)CC(N(C)C)C2O)C(C)C(=O)C(C)C(=O)O[C@H](CC)C2(C)OC(=O)N(CCCC(C)n3cnc(-c4c[c-]cnc4)c3)C2C1C.[Y]. The predicted molar refractivity (Wildman–Crippen MR) is 222 cm³/mol. The molecule has 3 fully saturated rings. The number of rotatable bonds is 11. The summed E-state index contributed by atoms with van der Waals surface area (Å²) >= 11 is 0. The average Bonchev–Trinajstić information content (AvgIpc) is 3.81. The summed E-state index contributed by atoms with van der Waals surface area (Å²) in [5, 5.41) is 11.5. The Morgan fingerprint density at radius 1 is 1.13 bits per heavy atom. The molecule has 1 N–H and O–H groups in total. The Bertz CT molecular complexity index is 1780. The summed E-state index contributed by atoms with van der Waals surface area (Å²) in [5.41, 5.74) is 0.171. The van der Waals surface area contributed by atoms with Crippen LogP contribution in [0.3, 0.4) is 0 Å². The molecule has 14 nitrogen and oxygen atoms in total. The molecule has 0 spiro atoms. The Hall–Kier alpha value is -2.59. The third-order valence-corrected chi connectivity index (χ3v) is 13.5. The van der Waals surface area contributed by atoms with Crippen molar-refractivity contribution in [3.8, 4) is 11.3 Å². The number of aromatic nitrogens is 3. The number of likely N-dealkylation sites (N-methyl/N-ethyl adjacent to an activating group) is 1. The smallest absolute Gasteiger partial charge is 0.410 e. The fraction of sp³-hybridized carbons (Fsp3) is 0.711. The van der Waals surface area contributed by atoms with Crippen LogP contribution in [0.4, 0.5) is 4.79 Å². The van der Waals surface area contributed by atoms with Crippen molar-refractivity contribution in [2.24, 2.45) is 23.7 Å². The number of methoxy groups -OCH3 is 1. The van der Waals surface area contributed by atoms with Crippen molar-refractivity contribution < 1.29 is 75.9 Å². The second kappa shape index (κ2) is 20.7. The number of ketones is 1. The molecule has 14 atom stereocenters. The van der Waals surface area contributed by atoms with Gasteiger partial charge in [0.1, 0.15) is 18.1 Å². The molecule has 0 bridgehead atoms. The molecule has 15 heteroatoms. The van der Waals surface area contributed by atoms with Gasteiger partial charge in [0.2, 0.25) is 0 Å². The van der Waals surface area contributed by atoms with E-state index < -0.39 is 71.5 Å². The molecule has 0 aliphatic carbocycles. The molecule has 3 aliphatic rings. The molecule has 1 radical (unpaired) electrons. The van der Waals surface area contributed by atoms with Crippen molar-refractivity contribution in [3.05, 3.63) is 49.2 Å². The molecule has 2 aromatic rings. The Kier molecular flexibility index (Phi) is 17.3. The van der Waals surface area contributed by atoms with E-state index in [0.29, 0.717) is 32.2 Å². The molecule has 3 aliphatic heterocycles. The third kappa shape index (κ3) is 10.4. The number of hydrogen-bond acceptors (Lipinski definition) is 12. The van der Waals surface area contributed by atoms with Crippen molar-refractivity contribution in [3.63, 3.8) is 0 Å². The fourth-order valence-corrected chi connectivity index (χ4v) is 9.68. The fourth-order valence-electron chi connectivity index (χ4n) is 9.68. The minimum atomic E-state index is -1.25. The van der Waals surface area contributed by atoms with Crippen molar-refractivity contribution in [1.82, 2.24) is 24.3 Å². The van der Waals surface area contributed by atoms with Crippen LogP contribution in [0.15, 0.2) is 43.1 Å². The van der Waals surface area contributed by atoms with Crippen LogP contribution in [0.25, 0.3) is 11.3 Å². The number of cyclic esters (lactones) is 1. The molecular weight excluding hydrogens is 843 g/mol. The van der Waals surface area contributed by atoms with E-state index in [-0.39, 0.29) is 62.7 Å². The zero-order valence-corrected chi connectivity index (χ0v) is 40.6. The van der Waals surface area contributed by atoms with Gasteiger partial charge < -0.3 is 48.1 Å². The van der Waals surface area contributed by atoms with E-state index in [2.05, 4.69) is 41.0 Å². The number of ether oxygens (including phenoxy) is 5. The first kappa shape index (κ1) is 50.1. The maximum absolute atomic E-state index is 14.4. The Morgan fingerprint density at radius 2 is 1.83 bits per heavy atom. The average molecular weight is 912 g/mol. The van der Waals surface area contributed by atoms with Gasteiger partial charge in [-0.15, -0.1) is 5.56 Å². The minimum absolute atomic E-state index is 0. The molecule has 0 aromatic carbocycles. The van der Waals surface area contributed by atoms with Gasteiger partial charge in [0.25, 0.3) is 0 Å². The Labute approximate surface area is 382 Å². The van der Waals surface area contributed by atoms with Gasteiger partial charge in [-0.2, -0.15) is 0 Å². The number of nitrogens with zero attached hydrogens (tertiary/aromatic N) is 5. The Balaban J connectivity index is 0.00000794. The molecule has 1 amide bonds. The number of hydrogen-bond donors (Lipinski definition) is 1. The minimum Gasteiger partial charge on any atom is -0.458 e. The number of pyridine rings is 1. The summed E-state index contributed by atoms with van der Waals surface area (Å²) in [5.74, 6) is -3.69. The molecule has 5 rings (SSSR count). The van der Waals surface area contributed by atoms with Crippen LogP contribution in [0.2, 0.25) is 0 Å². The van der Waals surface area contributed by atoms with Crippen LogP contribution in [-0.2, 0) is 66.0 Å². The molecular formula is C45H68N5O9Y-. The van der Waals surface area contributed by atoms with Crippen LogP contribution < -0.4 is 0 Å². The van der Waals surface area contributed by atoms with E-state index >= 15 is 0 Å². The second-order valence-corrected chi connectivity index (χ2v) is 17.9. The summed E-state index contributed by atoms with van der Waals surface area (Å²) in [4.78, 5) is 54.9. The second-order valence-electron chi connectivity index (χ2n) is 17.9. The number of carbonyl (C=O) groups is 3. The predicted octanol–water partition coefficient (Wildman–Crippen LogP) is 6.27. The normalized spacial score (nSPS) is 36.2. The van der Waals surface area contributed by atoms with E-state index in [0.717, 1.165) is 23.3 Å². The third-order valence-electron chi connectivity index (χ3n) is 13.5. The van der Waals surface area contributed by atoms with Crippen LogP contribution in [0.1, 0.15) is 100 Å². The summed E-state index contributed by atoms with van der Waals surface area (Å²) in [6.45, 7) is 22.0. The van der Waals surface area contributed by atoms with Gasteiger partial charge in [0, 0.05) is 82.2 Å². The van der Waals surface area contributed by atoms with Crippen LogP contribution in [0.5, 0.6) is 0 Å². The molecule has 2 aromatic heterocycles. The van der Waals surface area contributed by atoms with Crippen LogP contribution in [-0.4, -0.2) is 129 Å². The quantitative estimate of drug-likeness (QED) is 0.117. The first-order chi connectivity index (χ1) is 27.8. The van der Waals surface area contributed by atoms with E-state index in [1.54, 1.807) is 37.7 Å². The van der Waals surface area contributed by atoms with Gasteiger partial charge >= 0.3 is 12.1 Å².